The Bertz CT molecular complexity index is 814. The summed E-state index contributed by atoms with van der Waals surface area (Å²) in [7, 11) is 0. The Morgan fingerprint density at radius 2 is 2.00 bits per heavy atom. The Labute approximate surface area is 119 Å². The number of halogens is 1. The zero-order chi connectivity index (χ0) is 14.8. The number of nitrogens with zero attached hydrogens (tertiary/aromatic N) is 2. The largest absolute Gasteiger partial charge is 0.460 e. The number of esters is 1. The SMILES string of the molecule is CCOC(=O)c1noc(-c2ccc(F)c3ccccc23)n1. The van der Waals surface area contributed by atoms with Crippen molar-refractivity contribution in [1.29, 1.82) is 0 Å². The predicted octanol–water partition coefficient (Wildman–Crippen LogP) is 3.21. The number of fused-ring (bicyclic) bond motifs is 1. The fourth-order valence-electron chi connectivity index (χ4n) is 2.06. The van der Waals surface area contributed by atoms with Crippen LogP contribution in [0, 0.1) is 5.82 Å². The summed E-state index contributed by atoms with van der Waals surface area (Å²) in [6.45, 7) is 1.91. The van der Waals surface area contributed by atoms with Gasteiger partial charge in [-0.3, -0.25) is 0 Å². The van der Waals surface area contributed by atoms with Crippen LogP contribution in [0.1, 0.15) is 17.5 Å². The highest BCUT2D eigenvalue weighted by molar-refractivity contribution is 5.95. The molecule has 0 spiro atoms. The minimum absolute atomic E-state index is 0.147. The van der Waals surface area contributed by atoms with E-state index in [1.165, 1.54) is 6.07 Å². The molecule has 2 aromatic carbocycles. The maximum Gasteiger partial charge on any atom is 0.379 e. The van der Waals surface area contributed by atoms with Crippen LogP contribution < -0.4 is 0 Å². The lowest BCUT2D eigenvalue weighted by atomic mass is 10.0. The van der Waals surface area contributed by atoms with Crippen molar-refractivity contribution in [1.82, 2.24) is 10.1 Å². The number of rotatable bonds is 3. The molecular weight excluding hydrogens is 275 g/mol. The van der Waals surface area contributed by atoms with Gasteiger partial charge in [0.15, 0.2) is 0 Å². The van der Waals surface area contributed by atoms with Gasteiger partial charge in [0.05, 0.1) is 6.61 Å². The molecule has 0 bridgehead atoms. The molecule has 3 rings (SSSR count). The summed E-state index contributed by atoms with van der Waals surface area (Å²) < 4.78 is 23.7. The zero-order valence-corrected chi connectivity index (χ0v) is 11.2. The number of hydrogen-bond acceptors (Lipinski definition) is 5. The first-order chi connectivity index (χ1) is 10.2. The Balaban J connectivity index is 2.09. The van der Waals surface area contributed by atoms with E-state index in [4.69, 9.17) is 9.26 Å². The predicted molar refractivity (Wildman–Crippen MR) is 73.2 cm³/mol. The molecule has 0 aliphatic rings. The van der Waals surface area contributed by atoms with Crippen LogP contribution >= 0.6 is 0 Å². The average Bonchev–Trinajstić information content (AvgIpc) is 2.98. The van der Waals surface area contributed by atoms with Gasteiger partial charge in [-0.1, -0.05) is 24.3 Å². The summed E-state index contributed by atoms with van der Waals surface area (Å²) in [5.41, 5.74) is 0.565. The summed E-state index contributed by atoms with van der Waals surface area (Å²) in [5, 5.41) is 4.67. The summed E-state index contributed by atoms with van der Waals surface area (Å²) in [6, 6.07) is 9.81. The van der Waals surface area contributed by atoms with E-state index < -0.39 is 5.97 Å². The Hall–Kier alpha value is -2.76. The van der Waals surface area contributed by atoms with Crippen LogP contribution in [0.4, 0.5) is 4.39 Å². The molecule has 3 aromatic rings. The van der Waals surface area contributed by atoms with Crippen molar-refractivity contribution in [3.8, 4) is 11.5 Å². The van der Waals surface area contributed by atoms with Crippen LogP contribution in [0.3, 0.4) is 0 Å². The van der Waals surface area contributed by atoms with Gasteiger partial charge in [-0.15, -0.1) is 0 Å². The van der Waals surface area contributed by atoms with Gasteiger partial charge in [0, 0.05) is 10.9 Å². The van der Waals surface area contributed by atoms with E-state index in [9.17, 15) is 9.18 Å². The first kappa shape index (κ1) is 13.2. The molecule has 21 heavy (non-hydrogen) atoms. The number of hydrogen-bond donors (Lipinski definition) is 0. The van der Waals surface area contributed by atoms with Crippen LogP contribution in [0.5, 0.6) is 0 Å². The van der Waals surface area contributed by atoms with Crippen molar-refractivity contribution >= 4 is 16.7 Å². The molecule has 0 fully saturated rings. The quantitative estimate of drug-likeness (QED) is 0.692. The molecule has 5 nitrogen and oxygen atoms in total. The van der Waals surface area contributed by atoms with E-state index in [0.717, 1.165) is 0 Å². The van der Waals surface area contributed by atoms with Crippen molar-refractivity contribution < 1.29 is 18.4 Å². The fraction of sp³-hybridized carbons (Fsp3) is 0.133. The number of aromatic nitrogens is 2. The second kappa shape index (κ2) is 5.32. The molecule has 106 valence electrons. The van der Waals surface area contributed by atoms with E-state index in [2.05, 4.69) is 10.1 Å². The van der Waals surface area contributed by atoms with Gasteiger partial charge in [-0.25, -0.2) is 9.18 Å². The Kier molecular flexibility index (Phi) is 3.35. The molecular formula is C15H11FN2O3. The van der Waals surface area contributed by atoms with Crippen LogP contribution in [0.15, 0.2) is 40.9 Å². The van der Waals surface area contributed by atoms with Crippen molar-refractivity contribution in [3.05, 3.63) is 48.0 Å². The molecule has 0 atom stereocenters. The van der Waals surface area contributed by atoms with E-state index in [0.29, 0.717) is 16.3 Å². The lowest BCUT2D eigenvalue weighted by Gasteiger charge is -2.03. The normalized spacial score (nSPS) is 10.8. The smallest absolute Gasteiger partial charge is 0.379 e. The minimum atomic E-state index is -0.654. The van der Waals surface area contributed by atoms with Gasteiger partial charge in [0.1, 0.15) is 5.82 Å². The van der Waals surface area contributed by atoms with Gasteiger partial charge >= 0.3 is 5.97 Å². The van der Waals surface area contributed by atoms with E-state index in [1.54, 1.807) is 37.3 Å². The molecule has 0 saturated carbocycles. The number of carbonyl (C=O) groups is 1. The van der Waals surface area contributed by atoms with Crippen molar-refractivity contribution in [2.75, 3.05) is 6.61 Å². The van der Waals surface area contributed by atoms with Crippen molar-refractivity contribution in [2.24, 2.45) is 0 Å². The van der Waals surface area contributed by atoms with E-state index in [-0.39, 0.29) is 24.1 Å². The summed E-state index contributed by atoms with van der Waals surface area (Å²) in [4.78, 5) is 15.5. The highest BCUT2D eigenvalue weighted by atomic mass is 19.1. The first-order valence-corrected chi connectivity index (χ1v) is 6.39. The summed E-state index contributed by atoms with van der Waals surface area (Å²) >= 11 is 0. The monoisotopic (exact) mass is 286 g/mol. The van der Waals surface area contributed by atoms with Crippen molar-refractivity contribution in [3.63, 3.8) is 0 Å². The fourth-order valence-corrected chi connectivity index (χ4v) is 2.06. The van der Waals surface area contributed by atoms with Crippen LogP contribution in [-0.2, 0) is 4.74 Å². The standard InChI is InChI=1S/C15H11FN2O3/c1-2-20-15(19)13-17-14(21-18-13)11-7-8-12(16)10-6-4-3-5-9(10)11/h3-8H,2H2,1H3. The molecule has 0 N–H and O–H groups in total. The second-order valence-electron chi connectivity index (χ2n) is 4.28. The molecule has 6 heteroatoms. The third kappa shape index (κ3) is 2.35. The molecule has 1 heterocycles. The Morgan fingerprint density at radius 3 is 2.76 bits per heavy atom. The number of benzene rings is 2. The molecule has 0 radical (unpaired) electrons. The van der Waals surface area contributed by atoms with Gasteiger partial charge in [0.25, 0.3) is 11.7 Å². The van der Waals surface area contributed by atoms with Gasteiger partial charge in [-0.2, -0.15) is 4.98 Å². The summed E-state index contributed by atoms with van der Waals surface area (Å²) in [6.07, 6.45) is 0. The third-order valence-electron chi connectivity index (χ3n) is 2.99. The number of ether oxygens (including phenoxy) is 1. The van der Waals surface area contributed by atoms with Crippen LogP contribution in [0.25, 0.3) is 22.2 Å². The zero-order valence-electron chi connectivity index (χ0n) is 11.2. The maximum atomic E-state index is 13.8. The lowest BCUT2D eigenvalue weighted by Crippen LogP contribution is -2.06. The van der Waals surface area contributed by atoms with Gasteiger partial charge in [0.2, 0.25) is 0 Å². The summed E-state index contributed by atoms with van der Waals surface area (Å²) in [5.74, 6) is -0.993. The third-order valence-corrected chi connectivity index (χ3v) is 2.99. The lowest BCUT2D eigenvalue weighted by molar-refractivity contribution is 0.0508. The molecule has 0 saturated heterocycles. The first-order valence-electron chi connectivity index (χ1n) is 6.39. The highest BCUT2D eigenvalue weighted by Gasteiger charge is 2.18. The van der Waals surface area contributed by atoms with E-state index >= 15 is 0 Å². The number of carbonyl (C=O) groups excluding carboxylic acids is 1. The Morgan fingerprint density at radius 1 is 1.24 bits per heavy atom. The van der Waals surface area contributed by atoms with Gasteiger partial charge in [-0.05, 0) is 29.6 Å². The highest BCUT2D eigenvalue weighted by Crippen LogP contribution is 2.29. The van der Waals surface area contributed by atoms with Crippen LogP contribution in [-0.4, -0.2) is 22.7 Å². The maximum absolute atomic E-state index is 13.8. The van der Waals surface area contributed by atoms with E-state index in [1.807, 2.05) is 0 Å². The molecule has 1 aromatic heterocycles. The van der Waals surface area contributed by atoms with Gasteiger partial charge < -0.3 is 9.26 Å². The average molecular weight is 286 g/mol. The minimum Gasteiger partial charge on any atom is -0.460 e. The molecule has 0 aliphatic heterocycles. The van der Waals surface area contributed by atoms with Crippen LogP contribution in [0.2, 0.25) is 0 Å². The topological polar surface area (TPSA) is 65.2 Å². The van der Waals surface area contributed by atoms with Crippen molar-refractivity contribution in [2.45, 2.75) is 6.92 Å². The molecule has 0 amide bonds. The second-order valence-corrected chi connectivity index (χ2v) is 4.28. The molecule has 0 unspecified atom stereocenters. The molecule has 0 aliphatic carbocycles.